The maximum atomic E-state index is 13.3. The van der Waals surface area contributed by atoms with E-state index in [1.807, 2.05) is 0 Å². The number of carbonyl (C=O) groups is 3. The average Bonchev–Trinajstić information content (AvgIpc) is 2.99. The number of hydrogen-bond donors (Lipinski definition) is 3. The number of nitrogens with one attached hydrogen (secondary N) is 3. The monoisotopic (exact) mass is 695 g/mol. The molecule has 0 spiro atoms. The predicted octanol–water partition coefficient (Wildman–Crippen LogP) is 6.35. The van der Waals surface area contributed by atoms with E-state index in [0.717, 1.165) is 0 Å². The van der Waals surface area contributed by atoms with Crippen LogP contribution < -0.4 is 35.6 Å². The van der Waals surface area contributed by atoms with Crippen molar-refractivity contribution in [1.82, 2.24) is 5.32 Å². The summed E-state index contributed by atoms with van der Waals surface area (Å²) in [5, 5.41) is 8.20. The molecule has 1 heterocycles. The summed E-state index contributed by atoms with van der Waals surface area (Å²) in [6, 6.07) is 13.5. The third-order valence-electron chi connectivity index (χ3n) is 6.53. The van der Waals surface area contributed by atoms with Crippen molar-refractivity contribution in [3.8, 4) is 28.6 Å². The molecule has 0 aliphatic heterocycles. The second-order valence-electron chi connectivity index (χ2n) is 11.1. The van der Waals surface area contributed by atoms with Gasteiger partial charge in [-0.3, -0.25) is 14.4 Å². The molecular weight excluding hydrogens is 662 g/mol. The molecule has 3 N–H and O–H groups in total. The third-order valence-corrected chi connectivity index (χ3v) is 7.22. The lowest BCUT2D eigenvalue weighted by Gasteiger charge is -2.21. The van der Waals surface area contributed by atoms with Gasteiger partial charge in [-0.05, 0) is 74.0 Å². The Morgan fingerprint density at radius 2 is 1.57 bits per heavy atom. The third kappa shape index (κ3) is 7.78. The minimum atomic E-state index is -0.905. The van der Waals surface area contributed by atoms with Crippen molar-refractivity contribution in [2.24, 2.45) is 0 Å². The Morgan fingerprint density at radius 3 is 2.22 bits per heavy atom. The molecule has 0 fully saturated rings. The van der Waals surface area contributed by atoms with Crippen LogP contribution in [0.5, 0.6) is 17.2 Å². The summed E-state index contributed by atoms with van der Waals surface area (Å²) in [5.41, 5.74) is 0.677. The quantitative estimate of drug-likeness (QED) is 0.182. The van der Waals surface area contributed by atoms with Gasteiger partial charge in [0.1, 0.15) is 28.4 Å². The molecule has 0 bridgehead atoms. The summed E-state index contributed by atoms with van der Waals surface area (Å²) in [6.07, 6.45) is -0.726. The zero-order valence-electron chi connectivity index (χ0n) is 26.3. The van der Waals surface area contributed by atoms with E-state index in [1.54, 1.807) is 63.2 Å². The van der Waals surface area contributed by atoms with Crippen molar-refractivity contribution in [3.05, 3.63) is 74.9 Å². The number of halogens is 1. The fraction of sp³-hybridized carbons (Fsp3) is 0.273. The number of fused-ring (bicyclic) bond motifs is 1. The summed E-state index contributed by atoms with van der Waals surface area (Å²) in [6.45, 7) is 6.67. The van der Waals surface area contributed by atoms with Crippen LogP contribution in [-0.2, 0) is 9.53 Å². The lowest BCUT2D eigenvalue weighted by atomic mass is 10.1. The van der Waals surface area contributed by atoms with Gasteiger partial charge in [-0.25, -0.2) is 4.79 Å². The highest BCUT2D eigenvalue weighted by Crippen LogP contribution is 2.42. The lowest BCUT2D eigenvalue weighted by molar-refractivity contribution is -0.117. The topological polar surface area (TPSA) is 154 Å². The molecule has 242 valence electrons. The van der Waals surface area contributed by atoms with Crippen LogP contribution in [0.3, 0.4) is 0 Å². The van der Waals surface area contributed by atoms with Crippen molar-refractivity contribution in [3.63, 3.8) is 0 Å². The maximum Gasteiger partial charge on any atom is 0.408 e. The highest BCUT2D eigenvalue weighted by atomic mass is 79.9. The molecule has 46 heavy (non-hydrogen) atoms. The molecule has 13 heteroatoms. The van der Waals surface area contributed by atoms with Gasteiger partial charge >= 0.3 is 6.09 Å². The van der Waals surface area contributed by atoms with Crippen molar-refractivity contribution < 1.29 is 37.7 Å². The average molecular weight is 697 g/mol. The second-order valence-corrected chi connectivity index (χ2v) is 11.9. The van der Waals surface area contributed by atoms with Gasteiger partial charge in [0.2, 0.25) is 11.7 Å². The van der Waals surface area contributed by atoms with Crippen LogP contribution in [0, 0.1) is 0 Å². The number of carbonyl (C=O) groups excluding carboxylic acids is 3. The van der Waals surface area contributed by atoms with E-state index in [9.17, 15) is 19.2 Å². The van der Waals surface area contributed by atoms with Crippen LogP contribution in [0.1, 0.15) is 38.1 Å². The highest BCUT2D eigenvalue weighted by Gasteiger charge is 2.23. The van der Waals surface area contributed by atoms with Crippen LogP contribution >= 0.6 is 15.9 Å². The first-order valence-corrected chi connectivity index (χ1v) is 14.8. The molecule has 1 aromatic heterocycles. The summed E-state index contributed by atoms with van der Waals surface area (Å²) < 4.78 is 28.0. The first-order valence-electron chi connectivity index (χ1n) is 14.0. The Balaban J connectivity index is 1.55. The standard InChI is InChI=1S/C33H34BrN3O9/c1-17(35-32(41)46-33(2,3)4)30(39)36-20-11-12-22(34)21(14-20)31(40)37-19-10-8-9-18(13-19)24-15-23(38)27-25(45-24)16-26(42-5)28(43-6)29(27)44-7/h8-17H,1-7H3,(H,35,41)(H,36,39)(H,37,40)/t17-/m0/s1. The smallest absolute Gasteiger partial charge is 0.408 e. The number of anilines is 2. The van der Waals surface area contributed by atoms with Crippen LogP contribution in [0.25, 0.3) is 22.3 Å². The van der Waals surface area contributed by atoms with Gasteiger partial charge in [0.25, 0.3) is 5.91 Å². The van der Waals surface area contributed by atoms with Crippen LogP contribution in [-0.4, -0.2) is 50.9 Å². The van der Waals surface area contributed by atoms with Gasteiger partial charge in [-0.15, -0.1) is 0 Å². The van der Waals surface area contributed by atoms with E-state index < -0.39 is 29.6 Å². The van der Waals surface area contributed by atoms with Gasteiger partial charge in [-0.1, -0.05) is 12.1 Å². The zero-order valence-corrected chi connectivity index (χ0v) is 27.9. The number of methoxy groups -OCH3 is 3. The number of amides is 3. The van der Waals surface area contributed by atoms with Crippen LogP contribution in [0.2, 0.25) is 0 Å². The van der Waals surface area contributed by atoms with E-state index in [4.69, 9.17) is 23.4 Å². The number of hydrogen-bond acceptors (Lipinski definition) is 9. The van der Waals surface area contributed by atoms with Crippen molar-refractivity contribution >= 4 is 56.2 Å². The van der Waals surface area contributed by atoms with E-state index >= 15 is 0 Å². The fourth-order valence-electron chi connectivity index (χ4n) is 4.46. The van der Waals surface area contributed by atoms with Crippen molar-refractivity contribution in [1.29, 1.82) is 0 Å². The largest absolute Gasteiger partial charge is 0.493 e. The molecule has 0 saturated carbocycles. The predicted molar refractivity (Wildman–Crippen MR) is 177 cm³/mol. The molecule has 4 rings (SSSR count). The molecule has 4 aromatic rings. The molecule has 3 aromatic carbocycles. The molecule has 0 saturated heterocycles. The van der Waals surface area contributed by atoms with E-state index in [1.165, 1.54) is 40.4 Å². The van der Waals surface area contributed by atoms with Gasteiger partial charge in [0, 0.05) is 33.5 Å². The Morgan fingerprint density at radius 1 is 0.870 bits per heavy atom. The normalized spacial score (nSPS) is 11.7. The molecule has 3 amide bonds. The summed E-state index contributed by atoms with van der Waals surface area (Å²) in [5.74, 6) is 0.0631. The minimum absolute atomic E-state index is 0.191. The first kappa shape index (κ1) is 33.8. The minimum Gasteiger partial charge on any atom is -0.493 e. The Kier molecular flexibility index (Phi) is 10.3. The van der Waals surface area contributed by atoms with Crippen LogP contribution in [0.15, 0.2) is 68.3 Å². The maximum absolute atomic E-state index is 13.3. The summed E-state index contributed by atoms with van der Waals surface area (Å²) >= 11 is 3.39. The molecule has 12 nitrogen and oxygen atoms in total. The summed E-state index contributed by atoms with van der Waals surface area (Å²) in [4.78, 5) is 51.3. The van der Waals surface area contributed by atoms with Crippen LogP contribution in [0.4, 0.5) is 16.2 Å². The first-order chi connectivity index (χ1) is 21.7. The lowest BCUT2D eigenvalue weighted by Crippen LogP contribution is -2.44. The van der Waals surface area contributed by atoms with Crippen molar-refractivity contribution in [2.45, 2.75) is 39.3 Å². The van der Waals surface area contributed by atoms with Gasteiger partial charge in [0.15, 0.2) is 16.9 Å². The molecule has 0 radical (unpaired) electrons. The molecular formula is C33H34BrN3O9. The second kappa shape index (κ2) is 13.9. The molecule has 0 aliphatic carbocycles. The summed E-state index contributed by atoms with van der Waals surface area (Å²) in [7, 11) is 4.33. The fourth-order valence-corrected chi connectivity index (χ4v) is 4.88. The highest BCUT2D eigenvalue weighted by molar-refractivity contribution is 9.10. The zero-order chi connectivity index (χ0) is 33.8. The van der Waals surface area contributed by atoms with E-state index in [2.05, 4.69) is 31.9 Å². The Labute approximate surface area is 273 Å². The number of benzene rings is 3. The number of rotatable bonds is 9. The molecule has 1 atom stereocenters. The van der Waals surface area contributed by atoms with E-state index in [-0.39, 0.29) is 39.2 Å². The van der Waals surface area contributed by atoms with Gasteiger partial charge in [0.05, 0.1) is 26.9 Å². The molecule has 0 unspecified atom stereocenters. The SMILES string of the molecule is COc1cc2oc(-c3cccc(NC(=O)c4cc(NC(=O)[C@H](C)NC(=O)OC(C)(C)C)ccc4Br)c3)cc(=O)c2c(OC)c1OC. The van der Waals surface area contributed by atoms with Crippen molar-refractivity contribution in [2.75, 3.05) is 32.0 Å². The van der Waals surface area contributed by atoms with E-state index in [0.29, 0.717) is 27.2 Å². The van der Waals surface area contributed by atoms with Gasteiger partial charge in [-0.2, -0.15) is 0 Å². The van der Waals surface area contributed by atoms with Gasteiger partial charge < -0.3 is 39.3 Å². The Bertz CT molecular complexity index is 1860. The number of alkyl carbamates (subject to hydrolysis) is 1. The number of ether oxygens (including phenoxy) is 4. The Hall–Kier alpha value is -5.04. The molecule has 0 aliphatic rings.